The molecule has 0 aliphatic carbocycles. The van der Waals surface area contributed by atoms with Crippen LogP contribution in [0.25, 0.3) is 0 Å². The summed E-state index contributed by atoms with van der Waals surface area (Å²) in [6.45, 7) is 2.97. The maximum atomic E-state index is 11.9. The summed E-state index contributed by atoms with van der Waals surface area (Å²) < 4.78 is 5.84. The average molecular weight is 266 g/mol. The van der Waals surface area contributed by atoms with Crippen LogP contribution in [0.2, 0.25) is 0 Å². The Morgan fingerprint density at radius 1 is 0.950 bits per heavy atom. The fourth-order valence-corrected chi connectivity index (χ4v) is 2.65. The molecular formula is C17H14O3. The summed E-state index contributed by atoms with van der Waals surface area (Å²) >= 11 is 0. The van der Waals surface area contributed by atoms with Crippen molar-refractivity contribution < 1.29 is 14.3 Å². The highest BCUT2D eigenvalue weighted by atomic mass is 16.5. The number of rotatable bonds is 2. The van der Waals surface area contributed by atoms with E-state index in [-0.39, 0.29) is 11.6 Å². The number of hydrogen-bond acceptors (Lipinski definition) is 3. The lowest BCUT2D eigenvalue weighted by Crippen LogP contribution is -2.13. The Labute approximate surface area is 117 Å². The van der Waals surface area contributed by atoms with E-state index < -0.39 is 0 Å². The molecule has 0 saturated heterocycles. The van der Waals surface area contributed by atoms with Crippen molar-refractivity contribution in [3.63, 3.8) is 0 Å². The first kappa shape index (κ1) is 12.6. The predicted octanol–water partition coefficient (Wildman–Crippen LogP) is 3.79. The zero-order chi connectivity index (χ0) is 14.3. The Bertz CT molecular complexity index is 729. The van der Waals surface area contributed by atoms with E-state index in [1.54, 1.807) is 12.1 Å². The van der Waals surface area contributed by atoms with Crippen molar-refractivity contribution in [2.45, 2.75) is 20.3 Å². The number of para-hydroxylation sites is 1. The van der Waals surface area contributed by atoms with Crippen LogP contribution < -0.4 is 4.74 Å². The van der Waals surface area contributed by atoms with Gasteiger partial charge >= 0.3 is 0 Å². The number of fused-ring (bicyclic) bond motifs is 2. The van der Waals surface area contributed by atoms with Crippen LogP contribution in [0, 0.1) is 0 Å². The third kappa shape index (κ3) is 1.92. The fourth-order valence-electron chi connectivity index (χ4n) is 2.65. The second-order valence-corrected chi connectivity index (χ2v) is 4.96. The zero-order valence-corrected chi connectivity index (χ0v) is 11.4. The summed E-state index contributed by atoms with van der Waals surface area (Å²) in [6.07, 6.45) is 0.613. The number of carbonyl (C=O) groups excluding carboxylic acids is 2. The average Bonchev–Trinajstić information content (AvgIpc) is 2.43. The van der Waals surface area contributed by atoms with E-state index in [1.807, 2.05) is 24.3 Å². The molecule has 20 heavy (non-hydrogen) atoms. The number of benzene rings is 2. The van der Waals surface area contributed by atoms with Gasteiger partial charge in [-0.2, -0.15) is 0 Å². The van der Waals surface area contributed by atoms with E-state index in [0.717, 1.165) is 16.9 Å². The van der Waals surface area contributed by atoms with Crippen LogP contribution in [0.4, 0.5) is 0 Å². The molecule has 3 heteroatoms. The molecule has 1 aliphatic rings. The van der Waals surface area contributed by atoms with Gasteiger partial charge in [0.15, 0.2) is 11.6 Å². The zero-order valence-electron chi connectivity index (χ0n) is 11.4. The fraction of sp³-hybridized carbons (Fsp3) is 0.176. The van der Waals surface area contributed by atoms with Gasteiger partial charge in [0.2, 0.25) is 0 Å². The molecule has 0 radical (unpaired) electrons. The molecule has 0 fully saturated rings. The van der Waals surface area contributed by atoms with Crippen LogP contribution in [-0.4, -0.2) is 11.6 Å². The molecule has 0 atom stereocenters. The largest absolute Gasteiger partial charge is 0.457 e. The van der Waals surface area contributed by atoms with E-state index in [0.29, 0.717) is 23.3 Å². The van der Waals surface area contributed by atoms with Gasteiger partial charge in [0.1, 0.15) is 11.5 Å². The first-order valence-electron chi connectivity index (χ1n) is 6.51. The Balaban J connectivity index is 2.21. The highest BCUT2D eigenvalue weighted by Crippen LogP contribution is 2.39. The molecule has 3 nitrogen and oxygen atoms in total. The molecule has 0 spiro atoms. The van der Waals surface area contributed by atoms with Crippen molar-refractivity contribution in [1.82, 2.24) is 0 Å². The second kappa shape index (κ2) is 4.60. The topological polar surface area (TPSA) is 43.4 Å². The number of ether oxygens (including phenoxy) is 1. The Hall–Kier alpha value is -2.42. The summed E-state index contributed by atoms with van der Waals surface area (Å²) in [7, 11) is 0. The normalized spacial score (nSPS) is 12.1. The highest BCUT2D eigenvalue weighted by molar-refractivity contribution is 6.08. The van der Waals surface area contributed by atoms with Crippen molar-refractivity contribution >= 4 is 11.6 Å². The standard InChI is InChI=1S/C17H14O3/c1-10(18)13-7-8-16-14(17(13)11(2)19)9-12-5-3-4-6-15(12)20-16/h3-8H,9H2,1-2H3. The van der Waals surface area contributed by atoms with Crippen LogP contribution >= 0.6 is 0 Å². The van der Waals surface area contributed by atoms with E-state index >= 15 is 0 Å². The van der Waals surface area contributed by atoms with Gasteiger partial charge < -0.3 is 4.74 Å². The summed E-state index contributed by atoms with van der Waals surface area (Å²) in [5.41, 5.74) is 2.80. The van der Waals surface area contributed by atoms with Crippen molar-refractivity contribution in [3.8, 4) is 11.5 Å². The number of Topliss-reactive ketones (excluding diaryl/α,β-unsaturated/α-hetero) is 2. The molecule has 0 saturated carbocycles. The van der Waals surface area contributed by atoms with E-state index in [9.17, 15) is 9.59 Å². The van der Waals surface area contributed by atoms with Gasteiger partial charge in [-0.25, -0.2) is 0 Å². The van der Waals surface area contributed by atoms with Crippen LogP contribution in [-0.2, 0) is 6.42 Å². The molecule has 0 amide bonds. The quantitative estimate of drug-likeness (QED) is 0.663. The van der Waals surface area contributed by atoms with Crippen molar-refractivity contribution in [3.05, 3.63) is 58.7 Å². The third-order valence-electron chi connectivity index (χ3n) is 3.56. The van der Waals surface area contributed by atoms with Crippen molar-refractivity contribution in [2.24, 2.45) is 0 Å². The maximum absolute atomic E-state index is 11.9. The molecule has 0 aromatic heterocycles. The van der Waals surface area contributed by atoms with Gasteiger partial charge in [-0.05, 0) is 37.6 Å². The predicted molar refractivity (Wildman–Crippen MR) is 75.8 cm³/mol. The molecular weight excluding hydrogens is 252 g/mol. The van der Waals surface area contributed by atoms with Crippen LogP contribution in [0.5, 0.6) is 11.5 Å². The van der Waals surface area contributed by atoms with Crippen LogP contribution in [0.1, 0.15) is 45.7 Å². The molecule has 100 valence electrons. The van der Waals surface area contributed by atoms with E-state index in [4.69, 9.17) is 4.74 Å². The summed E-state index contributed by atoms with van der Waals surface area (Å²) in [4.78, 5) is 23.7. The minimum Gasteiger partial charge on any atom is -0.457 e. The van der Waals surface area contributed by atoms with Gasteiger partial charge in [0, 0.05) is 23.1 Å². The first-order chi connectivity index (χ1) is 9.58. The summed E-state index contributed by atoms with van der Waals surface area (Å²) in [5.74, 6) is 1.27. The first-order valence-corrected chi connectivity index (χ1v) is 6.51. The third-order valence-corrected chi connectivity index (χ3v) is 3.56. The lowest BCUT2D eigenvalue weighted by atomic mass is 9.89. The van der Waals surface area contributed by atoms with Crippen molar-refractivity contribution in [1.29, 1.82) is 0 Å². The van der Waals surface area contributed by atoms with Gasteiger partial charge in [-0.1, -0.05) is 18.2 Å². The monoisotopic (exact) mass is 266 g/mol. The van der Waals surface area contributed by atoms with Gasteiger partial charge in [-0.3, -0.25) is 9.59 Å². The Morgan fingerprint density at radius 3 is 2.40 bits per heavy atom. The molecule has 2 aromatic carbocycles. The molecule has 1 heterocycles. The van der Waals surface area contributed by atoms with E-state index in [1.165, 1.54) is 13.8 Å². The molecule has 0 bridgehead atoms. The molecule has 3 rings (SSSR count). The van der Waals surface area contributed by atoms with Gasteiger partial charge in [-0.15, -0.1) is 0 Å². The van der Waals surface area contributed by atoms with Gasteiger partial charge in [0.25, 0.3) is 0 Å². The Morgan fingerprint density at radius 2 is 1.70 bits per heavy atom. The maximum Gasteiger partial charge on any atom is 0.160 e. The second-order valence-electron chi connectivity index (χ2n) is 4.96. The van der Waals surface area contributed by atoms with Crippen LogP contribution in [0.15, 0.2) is 36.4 Å². The molecule has 0 unspecified atom stereocenters. The van der Waals surface area contributed by atoms with Crippen LogP contribution in [0.3, 0.4) is 0 Å². The summed E-state index contributed by atoms with van der Waals surface area (Å²) in [6, 6.07) is 11.2. The number of hydrogen-bond donors (Lipinski definition) is 0. The molecule has 2 aromatic rings. The smallest absolute Gasteiger partial charge is 0.160 e. The number of carbonyl (C=O) groups is 2. The number of ketones is 2. The summed E-state index contributed by atoms with van der Waals surface area (Å²) in [5, 5.41) is 0. The Kier molecular flexibility index (Phi) is 2.90. The van der Waals surface area contributed by atoms with E-state index in [2.05, 4.69) is 0 Å². The molecule has 1 aliphatic heterocycles. The minimum absolute atomic E-state index is 0.100. The lowest BCUT2D eigenvalue weighted by molar-refractivity contribution is 0.0979. The SMILES string of the molecule is CC(=O)c1ccc2c(c1C(C)=O)Cc1ccccc1O2. The molecule has 0 N–H and O–H groups in total. The lowest BCUT2D eigenvalue weighted by Gasteiger charge is -2.23. The highest BCUT2D eigenvalue weighted by Gasteiger charge is 2.24. The van der Waals surface area contributed by atoms with Crippen molar-refractivity contribution in [2.75, 3.05) is 0 Å². The van der Waals surface area contributed by atoms with Gasteiger partial charge in [0.05, 0.1) is 0 Å². The minimum atomic E-state index is -0.102.